The Balaban J connectivity index is 1.71. The largest absolute Gasteiger partial charge is 0.442 e. The lowest BCUT2D eigenvalue weighted by molar-refractivity contribution is -0.506. The zero-order chi connectivity index (χ0) is 29.9. The number of carbonyl (C=O) groups is 3. The number of esters is 1. The number of nitrogens with one attached hydrogen (secondary N) is 2. The van der Waals surface area contributed by atoms with Gasteiger partial charge in [-0.2, -0.15) is 4.99 Å². The number of nitrogens with zero attached hydrogens (tertiary/aromatic N) is 3. The van der Waals surface area contributed by atoms with Crippen LogP contribution < -0.4 is 38.0 Å². The number of hydrogen-bond donors (Lipinski definition) is 5. The van der Waals surface area contributed by atoms with Crippen molar-refractivity contribution >= 4 is 58.5 Å². The maximum Gasteiger partial charge on any atom is 0.434 e. The molecular formula is C25H31Cl2N8O5S+3. The highest BCUT2D eigenvalue weighted by atomic mass is 35.5. The summed E-state index contributed by atoms with van der Waals surface area (Å²) in [6, 6.07) is 12.4. The summed E-state index contributed by atoms with van der Waals surface area (Å²) in [4.78, 5) is 57.6. The SMILES string of the molecule is NC([NH3+])=[NH+]CCC[C@H]([NH3+])C(=O)NCC(=O)OCn1c(=NC(=O)c2ccc(Cl)cc2)sn(Cc2ccc(Cl)cc2)c1=O. The van der Waals surface area contributed by atoms with Crippen molar-refractivity contribution in [3.05, 3.63) is 85.0 Å². The van der Waals surface area contributed by atoms with Crippen LogP contribution >= 0.6 is 34.7 Å². The van der Waals surface area contributed by atoms with Crippen LogP contribution in [0.3, 0.4) is 0 Å². The lowest BCUT2D eigenvalue weighted by atomic mass is 10.1. The van der Waals surface area contributed by atoms with E-state index in [2.05, 4.69) is 26.8 Å². The standard InChI is InChI=1S/C25H28Cl2N8O5S/c26-17-7-3-15(4-8-17)13-35-25(39)34(24(41-35)33-21(37)16-5-9-18(27)10-6-16)14-40-20(36)12-32-22(38)19(28)2-1-11-31-23(29)30/h3-10,19H,1-2,11-14,28H2,(H,32,38)(H4,29,30,31)/p+3/t19-/m0/s1. The molecule has 218 valence electrons. The maximum absolute atomic E-state index is 13.2. The van der Waals surface area contributed by atoms with E-state index in [9.17, 15) is 19.2 Å². The van der Waals surface area contributed by atoms with Crippen molar-refractivity contribution in [1.82, 2.24) is 13.8 Å². The fraction of sp³-hybridized carbons (Fsp3) is 0.280. The molecule has 0 saturated carbocycles. The van der Waals surface area contributed by atoms with Crippen LogP contribution in [-0.4, -0.2) is 51.4 Å². The Bertz CT molecular complexity index is 1530. The Morgan fingerprint density at radius 3 is 2.37 bits per heavy atom. The third-order valence-corrected chi connectivity index (χ3v) is 7.09. The Labute approximate surface area is 248 Å². The average molecular weight is 627 g/mol. The van der Waals surface area contributed by atoms with Gasteiger partial charge in [0, 0.05) is 22.0 Å². The number of aromatic nitrogens is 2. The van der Waals surface area contributed by atoms with Gasteiger partial charge in [-0.3, -0.25) is 20.1 Å². The number of carbonyl (C=O) groups excluding carboxylic acids is 3. The molecule has 0 saturated heterocycles. The second-order valence-electron chi connectivity index (χ2n) is 8.83. The summed E-state index contributed by atoms with van der Waals surface area (Å²) >= 11 is 12.8. The predicted molar refractivity (Wildman–Crippen MR) is 151 cm³/mol. The molecule has 1 atom stereocenters. The molecule has 3 rings (SSSR count). The molecule has 0 aliphatic heterocycles. The van der Waals surface area contributed by atoms with Crippen molar-refractivity contribution in [2.45, 2.75) is 32.2 Å². The van der Waals surface area contributed by atoms with Crippen LogP contribution in [0, 0.1) is 0 Å². The van der Waals surface area contributed by atoms with Crippen molar-refractivity contribution in [2.75, 3.05) is 13.1 Å². The van der Waals surface area contributed by atoms with Crippen LogP contribution in [0.2, 0.25) is 10.0 Å². The smallest absolute Gasteiger partial charge is 0.434 e. The molecule has 13 nitrogen and oxygen atoms in total. The van der Waals surface area contributed by atoms with E-state index in [1.807, 2.05) is 0 Å². The first-order chi connectivity index (χ1) is 19.5. The molecule has 0 aliphatic rings. The molecule has 0 spiro atoms. The summed E-state index contributed by atoms with van der Waals surface area (Å²) in [5.74, 6) is -1.49. The minimum Gasteiger partial charge on any atom is -0.442 e. The van der Waals surface area contributed by atoms with Gasteiger partial charge < -0.3 is 15.8 Å². The number of amides is 2. The van der Waals surface area contributed by atoms with Gasteiger partial charge in [0.2, 0.25) is 4.80 Å². The van der Waals surface area contributed by atoms with E-state index in [0.717, 1.165) is 21.7 Å². The molecule has 2 aromatic carbocycles. The third kappa shape index (κ3) is 9.95. The van der Waals surface area contributed by atoms with Crippen molar-refractivity contribution in [2.24, 2.45) is 10.7 Å². The molecular weight excluding hydrogens is 595 g/mol. The number of quaternary nitrogens is 2. The Kier molecular flexibility index (Phi) is 11.8. The van der Waals surface area contributed by atoms with E-state index in [1.54, 1.807) is 36.4 Å². The number of benzene rings is 2. The Hall–Kier alpha value is -3.82. The fourth-order valence-electron chi connectivity index (χ4n) is 3.41. The van der Waals surface area contributed by atoms with Gasteiger partial charge in [0.1, 0.15) is 6.54 Å². The topological polar surface area (TPSA) is 207 Å². The van der Waals surface area contributed by atoms with Gasteiger partial charge >= 0.3 is 17.6 Å². The minimum absolute atomic E-state index is 0.0207. The first-order valence-electron chi connectivity index (χ1n) is 12.4. The van der Waals surface area contributed by atoms with E-state index >= 15 is 0 Å². The molecule has 2 amide bonds. The molecule has 1 aromatic heterocycles. The Morgan fingerprint density at radius 1 is 1.10 bits per heavy atom. The van der Waals surface area contributed by atoms with Gasteiger partial charge in [-0.05, 0) is 59.9 Å². The van der Waals surface area contributed by atoms with E-state index in [4.69, 9.17) is 33.7 Å². The summed E-state index contributed by atoms with van der Waals surface area (Å²) in [5.41, 5.74) is 13.3. The summed E-state index contributed by atoms with van der Waals surface area (Å²) < 4.78 is 7.67. The van der Waals surface area contributed by atoms with Crippen LogP contribution in [0.1, 0.15) is 28.8 Å². The molecule has 1 heterocycles. The summed E-state index contributed by atoms with van der Waals surface area (Å²) in [6.45, 7) is -0.234. The average Bonchev–Trinajstić information content (AvgIpc) is 3.22. The van der Waals surface area contributed by atoms with E-state index in [1.165, 1.54) is 16.1 Å². The third-order valence-electron chi connectivity index (χ3n) is 5.61. The molecule has 0 bridgehead atoms. The van der Waals surface area contributed by atoms with Crippen LogP contribution in [0.5, 0.6) is 0 Å². The van der Waals surface area contributed by atoms with Gasteiger partial charge in [-0.25, -0.2) is 24.0 Å². The monoisotopic (exact) mass is 625 g/mol. The second-order valence-corrected chi connectivity index (χ2v) is 10.7. The van der Waals surface area contributed by atoms with Crippen LogP contribution in [-0.2, 0) is 27.6 Å². The second kappa shape index (κ2) is 15.3. The van der Waals surface area contributed by atoms with Gasteiger partial charge in [0.15, 0.2) is 12.8 Å². The van der Waals surface area contributed by atoms with Crippen molar-refractivity contribution in [1.29, 1.82) is 0 Å². The fourth-order valence-corrected chi connectivity index (χ4v) is 4.61. The highest BCUT2D eigenvalue weighted by Gasteiger charge is 2.19. The zero-order valence-electron chi connectivity index (χ0n) is 22.0. The molecule has 0 radical (unpaired) electrons. The minimum atomic E-state index is -0.788. The highest BCUT2D eigenvalue weighted by molar-refractivity contribution is 7.03. The summed E-state index contributed by atoms with van der Waals surface area (Å²) in [6.07, 6.45) is 1.09. The predicted octanol–water partition coefficient (Wildman–Crippen LogP) is -2.55. The first kappa shape index (κ1) is 31.7. The van der Waals surface area contributed by atoms with Gasteiger partial charge in [-0.1, -0.05) is 35.3 Å². The molecule has 0 aliphatic carbocycles. The number of nitrogens with two attached hydrogens (primary N) is 1. The number of ether oxygens (including phenoxy) is 1. The number of rotatable bonds is 12. The van der Waals surface area contributed by atoms with Gasteiger partial charge in [0.25, 0.3) is 11.8 Å². The van der Waals surface area contributed by atoms with Gasteiger partial charge in [0.05, 0.1) is 13.1 Å². The molecule has 10 N–H and O–H groups in total. The Morgan fingerprint density at radius 2 is 1.73 bits per heavy atom. The van der Waals surface area contributed by atoms with Crippen molar-refractivity contribution in [3.8, 4) is 0 Å². The molecule has 41 heavy (non-hydrogen) atoms. The van der Waals surface area contributed by atoms with Crippen molar-refractivity contribution in [3.63, 3.8) is 0 Å². The molecule has 0 unspecified atom stereocenters. The van der Waals surface area contributed by atoms with Crippen LogP contribution in [0.25, 0.3) is 0 Å². The normalized spacial score (nSPS) is 12.7. The molecule has 0 fully saturated rings. The summed E-state index contributed by atoms with van der Waals surface area (Å²) in [5, 5.41) is 3.47. The lowest BCUT2D eigenvalue weighted by Crippen LogP contribution is -2.88. The number of guanidine groups is 1. The van der Waals surface area contributed by atoms with Gasteiger partial charge in [-0.15, -0.1) is 0 Å². The van der Waals surface area contributed by atoms with Crippen molar-refractivity contribution < 1.29 is 35.6 Å². The number of halogens is 2. The first-order valence-corrected chi connectivity index (χ1v) is 13.9. The lowest BCUT2D eigenvalue weighted by Gasteiger charge is -2.09. The van der Waals surface area contributed by atoms with Crippen LogP contribution in [0.15, 0.2) is 58.3 Å². The van der Waals surface area contributed by atoms with E-state index < -0.39 is 42.8 Å². The maximum atomic E-state index is 13.2. The quantitative estimate of drug-likeness (QED) is 0.0633. The van der Waals surface area contributed by atoms with E-state index in [0.29, 0.717) is 35.4 Å². The zero-order valence-corrected chi connectivity index (χ0v) is 24.3. The highest BCUT2D eigenvalue weighted by Crippen LogP contribution is 2.12. The van der Waals surface area contributed by atoms with E-state index in [-0.39, 0.29) is 16.9 Å². The molecule has 16 heteroatoms. The molecule has 3 aromatic rings. The van der Waals surface area contributed by atoms with Crippen LogP contribution in [0.4, 0.5) is 0 Å². The summed E-state index contributed by atoms with van der Waals surface area (Å²) in [7, 11) is 0. The number of hydrogen-bond acceptors (Lipinski definition) is 6.